The van der Waals surface area contributed by atoms with Crippen LogP contribution in [0.25, 0.3) is 10.2 Å². The van der Waals surface area contributed by atoms with Gasteiger partial charge >= 0.3 is 0 Å². The molecule has 2 aliphatic rings. The van der Waals surface area contributed by atoms with Gasteiger partial charge in [0.2, 0.25) is 11.8 Å². The summed E-state index contributed by atoms with van der Waals surface area (Å²) in [5, 5.41) is 4.74. The molecule has 2 aromatic carbocycles. The van der Waals surface area contributed by atoms with Gasteiger partial charge in [-0.1, -0.05) is 18.2 Å². The van der Waals surface area contributed by atoms with E-state index in [2.05, 4.69) is 39.2 Å². The second-order valence-corrected chi connectivity index (χ2v) is 15.4. The third-order valence-corrected chi connectivity index (χ3v) is 12.0. The summed E-state index contributed by atoms with van der Waals surface area (Å²) in [6.45, 7) is 10.1. The minimum Gasteiger partial charge on any atom is -0.494 e. The zero-order chi connectivity index (χ0) is 31.6. The minimum atomic E-state index is -3.47. The van der Waals surface area contributed by atoms with E-state index in [4.69, 9.17) is 19.4 Å². The highest BCUT2D eigenvalue weighted by Crippen LogP contribution is 2.35. The fourth-order valence-corrected chi connectivity index (χ4v) is 8.11. The number of hydrogen-bond donors (Lipinski definition) is 1. The summed E-state index contributed by atoms with van der Waals surface area (Å²) in [5.74, 6) is 1.48. The number of rotatable bonds is 10. The lowest BCUT2D eigenvalue weighted by atomic mass is 10.0. The van der Waals surface area contributed by atoms with Crippen molar-refractivity contribution in [1.82, 2.24) is 19.8 Å². The van der Waals surface area contributed by atoms with Crippen LogP contribution in [0.3, 0.4) is 0 Å². The van der Waals surface area contributed by atoms with E-state index in [1.807, 2.05) is 23.6 Å². The van der Waals surface area contributed by atoms with Gasteiger partial charge in [0.15, 0.2) is 9.84 Å². The molecule has 0 atom stereocenters. The van der Waals surface area contributed by atoms with E-state index in [-0.39, 0.29) is 11.5 Å². The van der Waals surface area contributed by atoms with Crippen molar-refractivity contribution in [2.45, 2.75) is 49.5 Å². The van der Waals surface area contributed by atoms with Crippen molar-refractivity contribution < 1.29 is 17.9 Å². The van der Waals surface area contributed by atoms with Gasteiger partial charge in [-0.3, -0.25) is 4.90 Å². The third-order valence-electron chi connectivity index (χ3n) is 8.85. The van der Waals surface area contributed by atoms with Gasteiger partial charge in [-0.05, 0) is 63.4 Å². The maximum Gasteiger partial charge on any atom is 0.237 e. The monoisotopic (exact) mass is 650 g/mol. The topological polar surface area (TPSA) is 100 Å². The summed E-state index contributed by atoms with van der Waals surface area (Å²) in [7, 11) is 0.410. The number of piperazine rings is 1. The Balaban J connectivity index is 1.17. The molecular formula is C33H42N6O4S2. The van der Waals surface area contributed by atoms with Crippen LogP contribution in [0.2, 0.25) is 0 Å². The van der Waals surface area contributed by atoms with Crippen LogP contribution in [-0.2, 0) is 16.4 Å². The van der Waals surface area contributed by atoms with E-state index in [1.165, 1.54) is 11.3 Å². The van der Waals surface area contributed by atoms with Crippen molar-refractivity contribution in [3.8, 4) is 11.6 Å². The number of nitrogens with zero attached hydrogens (tertiary/aromatic N) is 5. The normalized spacial score (nSPS) is 17.2. The molecule has 12 heteroatoms. The SMILES string of the molecule is COc1cc(N2CCC(N3CCN(C)CC3)CC2)ccc1Nc1nc(OCc2ccccc2S(=O)(=O)C(C)C)c2sccc2n1. The molecule has 0 saturated carbocycles. The number of piperidine rings is 1. The zero-order valence-electron chi connectivity index (χ0n) is 26.4. The Morgan fingerprint density at radius 2 is 1.76 bits per heavy atom. The van der Waals surface area contributed by atoms with Crippen LogP contribution in [0.1, 0.15) is 32.3 Å². The fourth-order valence-electron chi connectivity index (χ4n) is 6.07. The van der Waals surface area contributed by atoms with Gasteiger partial charge in [0, 0.05) is 62.6 Å². The molecule has 4 heterocycles. The molecule has 0 bridgehead atoms. The fraction of sp³-hybridized carbons (Fsp3) is 0.455. The first-order chi connectivity index (χ1) is 21.7. The van der Waals surface area contributed by atoms with Gasteiger partial charge in [0.05, 0.1) is 28.5 Å². The Bertz CT molecular complexity index is 1730. The highest BCUT2D eigenvalue weighted by molar-refractivity contribution is 7.92. The van der Waals surface area contributed by atoms with Crippen LogP contribution in [0.5, 0.6) is 11.6 Å². The molecule has 2 fully saturated rings. The second kappa shape index (κ2) is 13.5. The van der Waals surface area contributed by atoms with Crippen LogP contribution in [0.15, 0.2) is 58.8 Å². The first-order valence-electron chi connectivity index (χ1n) is 15.6. The van der Waals surface area contributed by atoms with Crippen molar-refractivity contribution in [2.75, 3.05) is 63.6 Å². The number of benzene rings is 2. The summed E-state index contributed by atoms with van der Waals surface area (Å²) >= 11 is 1.48. The average Bonchev–Trinajstić information content (AvgIpc) is 3.53. The van der Waals surface area contributed by atoms with Crippen LogP contribution >= 0.6 is 11.3 Å². The molecule has 0 amide bonds. The standard InChI is InChI=1S/C33H42N6O4S2/c1-23(2)45(40,41)30-8-6-5-7-24(30)22-43-32-31-28(13-20-44-31)35-33(36-32)34-27-10-9-26(21-29(27)42-4)38-14-11-25(12-15-38)39-18-16-37(3)17-19-39/h5-10,13,20-21,23,25H,11-12,14-19,22H2,1-4H3,(H,34,35,36). The van der Waals surface area contributed by atoms with Crippen LogP contribution in [0, 0.1) is 0 Å². The molecule has 2 aromatic heterocycles. The molecule has 10 nitrogen and oxygen atoms in total. The van der Waals surface area contributed by atoms with Crippen molar-refractivity contribution in [3.63, 3.8) is 0 Å². The molecule has 0 radical (unpaired) electrons. The minimum absolute atomic E-state index is 0.0646. The summed E-state index contributed by atoms with van der Waals surface area (Å²) in [5.41, 5.74) is 3.23. The quantitative estimate of drug-likeness (QED) is 0.240. The summed E-state index contributed by atoms with van der Waals surface area (Å²) in [4.78, 5) is 17.2. The molecule has 6 rings (SSSR count). The van der Waals surface area contributed by atoms with E-state index in [9.17, 15) is 8.42 Å². The van der Waals surface area contributed by atoms with Gasteiger partial charge in [-0.15, -0.1) is 11.3 Å². The number of fused-ring (bicyclic) bond motifs is 1. The van der Waals surface area contributed by atoms with Crippen molar-refractivity contribution in [3.05, 3.63) is 59.5 Å². The molecule has 0 aliphatic carbocycles. The van der Waals surface area contributed by atoms with E-state index >= 15 is 0 Å². The predicted molar refractivity (Wildman–Crippen MR) is 181 cm³/mol. The molecular weight excluding hydrogens is 609 g/mol. The Morgan fingerprint density at radius 3 is 2.49 bits per heavy atom. The number of methoxy groups -OCH3 is 1. The molecule has 0 unspecified atom stereocenters. The largest absolute Gasteiger partial charge is 0.494 e. The maximum atomic E-state index is 13.0. The number of likely N-dealkylation sites (N-methyl/N-ethyl adjacent to an activating group) is 1. The average molecular weight is 651 g/mol. The number of thiophene rings is 1. The summed E-state index contributed by atoms with van der Waals surface area (Å²) in [6, 6.07) is 15.7. The molecule has 2 saturated heterocycles. The predicted octanol–water partition coefficient (Wildman–Crippen LogP) is 5.42. The number of ether oxygens (including phenoxy) is 2. The van der Waals surface area contributed by atoms with E-state index in [1.54, 1.807) is 39.2 Å². The lowest BCUT2D eigenvalue weighted by Gasteiger charge is -2.42. The van der Waals surface area contributed by atoms with Gasteiger partial charge < -0.3 is 24.6 Å². The molecule has 240 valence electrons. The molecule has 2 aliphatic heterocycles. The van der Waals surface area contributed by atoms with Crippen molar-refractivity contribution in [2.24, 2.45) is 0 Å². The number of nitrogens with one attached hydrogen (secondary N) is 1. The Morgan fingerprint density at radius 1 is 1.00 bits per heavy atom. The van der Waals surface area contributed by atoms with Gasteiger partial charge in [0.25, 0.3) is 0 Å². The number of hydrogen-bond acceptors (Lipinski definition) is 11. The van der Waals surface area contributed by atoms with Gasteiger partial charge in [-0.25, -0.2) is 13.4 Å². The van der Waals surface area contributed by atoms with Crippen molar-refractivity contribution in [1.29, 1.82) is 0 Å². The number of aromatic nitrogens is 2. The third kappa shape index (κ3) is 6.89. The highest BCUT2D eigenvalue weighted by atomic mass is 32.2. The van der Waals surface area contributed by atoms with E-state index in [0.717, 1.165) is 73.7 Å². The Kier molecular flexibility index (Phi) is 9.46. The summed E-state index contributed by atoms with van der Waals surface area (Å²) < 4.78 is 38.7. The smallest absolute Gasteiger partial charge is 0.237 e. The van der Waals surface area contributed by atoms with E-state index < -0.39 is 15.1 Å². The first kappa shape index (κ1) is 31.5. The number of sulfone groups is 1. The van der Waals surface area contributed by atoms with Gasteiger partial charge in [0.1, 0.15) is 17.1 Å². The Hall–Kier alpha value is -3.45. The Labute approximate surface area is 269 Å². The first-order valence-corrected chi connectivity index (χ1v) is 18.0. The second-order valence-electron chi connectivity index (χ2n) is 12.0. The number of anilines is 3. The lowest BCUT2D eigenvalue weighted by molar-refractivity contribution is 0.0982. The summed E-state index contributed by atoms with van der Waals surface area (Å²) in [6.07, 6.45) is 2.33. The molecule has 1 N–H and O–H groups in total. The maximum absolute atomic E-state index is 13.0. The highest BCUT2D eigenvalue weighted by Gasteiger charge is 2.27. The molecule has 0 spiro atoms. The van der Waals surface area contributed by atoms with Crippen molar-refractivity contribution >= 4 is 48.7 Å². The van der Waals surface area contributed by atoms with Crippen LogP contribution in [0.4, 0.5) is 17.3 Å². The van der Waals surface area contributed by atoms with E-state index in [0.29, 0.717) is 29.2 Å². The lowest BCUT2D eigenvalue weighted by Crippen LogP contribution is -2.52. The molecule has 4 aromatic rings. The molecule has 45 heavy (non-hydrogen) atoms. The van der Waals surface area contributed by atoms with Gasteiger partial charge in [-0.2, -0.15) is 4.98 Å². The van der Waals surface area contributed by atoms with Crippen LogP contribution in [-0.4, -0.2) is 92.9 Å². The van der Waals surface area contributed by atoms with Crippen LogP contribution < -0.4 is 19.7 Å². The zero-order valence-corrected chi connectivity index (χ0v) is 28.0.